The summed E-state index contributed by atoms with van der Waals surface area (Å²) in [6.07, 6.45) is 5.62. The lowest BCUT2D eigenvalue weighted by Gasteiger charge is -1.92. The van der Waals surface area contributed by atoms with Gasteiger partial charge in [-0.3, -0.25) is 0 Å². The Balaban J connectivity index is 2.39. The maximum absolute atomic E-state index is 5.25. The Hall–Kier alpha value is -1.28. The van der Waals surface area contributed by atoms with Gasteiger partial charge in [0.1, 0.15) is 5.58 Å². The topological polar surface area (TPSA) is 13.1 Å². The molecular formula is C12H9BrO. The second-order valence-corrected chi connectivity index (χ2v) is 4.02. The average Bonchev–Trinajstić information content (AvgIpc) is 2.61. The van der Waals surface area contributed by atoms with E-state index in [0.717, 1.165) is 21.0 Å². The summed E-state index contributed by atoms with van der Waals surface area (Å²) in [5.74, 6) is 0. The van der Waals surface area contributed by atoms with Gasteiger partial charge in [0.25, 0.3) is 0 Å². The van der Waals surface area contributed by atoms with E-state index in [0.29, 0.717) is 0 Å². The molecule has 1 heterocycles. The summed E-state index contributed by atoms with van der Waals surface area (Å²) in [5, 5.41) is 1.12. The van der Waals surface area contributed by atoms with Crippen LogP contribution in [0.1, 0.15) is 5.56 Å². The third kappa shape index (κ3) is 1.96. The quantitative estimate of drug-likeness (QED) is 0.721. The smallest absolute Gasteiger partial charge is 0.133 e. The molecule has 14 heavy (non-hydrogen) atoms. The summed E-state index contributed by atoms with van der Waals surface area (Å²) >= 11 is 3.27. The molecule has 0 aliphatic rings. The molecule has 0 saturated heterocycles. The normalized spacial score (nSPS) is 11.2. The van der Waals surface area contributed by atoms with E-state index in [1.807, 2.05) is 30.4 Å². The standard InChI is InChI=1S/C12H9BrO/c1-9(13)2-3-10-4-5-12-11(8-10)6-7-14-12/h2-8H,1H2/b3-2+. The van der Waals surface area contributed by atoms with Crippen molar-refractivity contribution in [2.45, 2.75) is 0 Å². The van der Waals surface area contributed by atoms with Gasteiger partial charge < -0.3 is 4.42 Å². The minimum absolute atomic E-state index is 0.866. The lowest BCUT2D eigenvalue weighted by atomic mass is 10.1. The zero-order chi connectivity index (χ0) is 9.97. The van der Waals surface area contributed by atoms with E-state index >= 15 is 0 Å². The van der Waals surface area contributed by atoms with Crippen LogP contribution in [0.4, 0.5) is 0 Å². The van der Waals surface area contributed by atoms with E-state index in [4.69, 9.17) is 4.42 Å². The van der Waals surface area contributed by atoms with Crippen molar-refractivity contribution >= 4 is 33.0 Å². The molecule has 1 aromatic carbocycles. The van der Waals surface area contributed by atoms with Crippen LogP contribution in [0.15, 0.2) is 52.1 Å². The number of allylic oxidation sites excluding steroid dienone is 2. The Morgan fingerprint density at radius 2 is 2.21 bits per heavy atom. The Kier molecular flexibility index (Phi) is 2.55. The Morgan fingerprint density at radius 3 is 3.00 bits per heavy atom. The molecule has 0 bridgehead atoms. The van der Waals surface area contributed by atoms with Crippen molar-refractivity contribution in [3.05, 3.63) is 53.2 Å². The van der Waals surface area contributed by atoms with Gasteiger partial charge in [-0.15, -0.1) is 0 Å². The Morgan fingerprint density at radius 1 is 1.36 bits per heavy atom. The molecule has 1 nitrogen and oxygen atoms in total. The molecule has 0 unspecified atom stereocenters. The fourth-order valence-corrected chi connectivity index (χ4v) is 1.41. The SMILES string of the molecule is C=C(Br)/C=C/c1ccc2occc2c1. The highest BCUT2D eigenvalue weighted by Gasteiger charge is 1.95. The van der Waals surface area contributed by atoms with Crippen LogP contribution in [0.3, 0.4) is 0 Å². The monoisotopic (exact) mass is 248 g/mol. The van der Waals surface area contributed by atoms with Gasteiger partial charge in [-0.2, -0.15) is 0 Å². The van der Waals surface area contributed by atoms with E-state index in [9.17, 15) is 0 Å². The van der Waals surface area contributed by atoms with Crippen molar-refractivity contribution < 1.29 is 4.42 Å². The van der Waals surface area contributed by atoms with Crippen LogP contribution in [0.5, 0.6) is 0 Å². The van der Waals surface area contributed by atoms with Crippen LogP contribution in [0, 0.1) is 0 Å². The Labute approximate surface area is 90.9 Å². The predicted octanol–water partition coefficient (Wildman–Crippen LogP) is 4.35. The van der Waals surface area contributed by atoms with Crippen molar-refractivity contribution in [3.63, 3.8) is 0 Å². The lowest BCUT2D eigenvalue weighted by Crippen LogP contribution is -1.70. The molecule has 0 fully saturated rings. The van der Waals surface area contributed by atoms with Gasteiger partial charge in [0.15, 0.2) is 0 Å². The van der Waals surface area contributed by atoms with E-state index in [1.165, 1.54) is 0 Å². The zero-order valence-corrected chi connectivity index (χ0v) is 9.12. The summed E-state index contributed by atoms with van der Waals surface area (Å²) in [5.41, 5.74) is 2.05. The van der Waals surface area contributed by atoms with E-state index < -0.39 is 0 Å². The van der Waals surface area contributed by atoms with E-state index in [-0.39, 0.29) is 0 Å². The molecule has 2 rings (SSSR count). The summed E-state index contributed by atoms with van der Waals surface area (Å²) in [7, 11) is 0. The molecular weight excluding hydrogens is 240 g/mol. The number of hydrogen-bond donors (Lipinski definition) is 0. The first-order chi connectivity index (χ1) is 6.75. The minimum Gasteiger partial charge on any atom is -0.464 e. The van der Waals surface area contributed by atoms with Crippen LogP contribution in [-0.2, 0) is 0 Å². The van der Waals surface area contributed by atoms with Crippen molar-refractivity contribution in [2.75, 3.05) is 0 Å². The van der Waals surface area contributed by atoms with Crippen LogP contribution in [-0.4, -0.2) is 0 Å². The number of rotatable bonds is 2. The zero-order valence-electron chi connectivity index (χ0n) is 7.53. The molecule has 0 saturated carbocycles. The third-order valence-electron chi connectivity index (χ3n) is 1.93. The number of furan rings is 1. The van der Waals surface area contributed by atoms with Gasteiger partial charge in [0, 0.05) is 9.87 Å². The van der Waals surface area contributed by atoms with Gasteiger partial charge in [-0.05, 0) is 29.8 Å². The first kappa shape index (κ1) is 9.28. The van der Waals surface area contributed by atoms with Crippen molar-refractivity contribution in [1.29, 1.82) is 0 Å². The fourth-order valence-electron chi connectivity index (χ4n) is 1.28. The molecule has 0 amide bonds. The van der Waals surface area contributed by atoms with Crippen molar-refractivity contribution in [3.8, 4) is 0 Å². The first-order valence-corrected chi connectivity index (χ1v) is 5.05. The van der Waals surface area contributed by atoms with E-state index in [2.05, 4.69) is 28.6 Å². The van der Waals surface area contributed by atoms with Gasteiger partial charge in [0.05, 0.1) is 6.26 Å². The number of halogens is 1. The average molecular weight is 249 g/mol. The molecule has 2 heteroatoms. The molecule has 0 atom stereocenters. The van der Waals surface area contributed by atoms with Crippen LogP contribution in [0.25, 0.3) is 17.0 Å². The molecule has 0 radical (unpaired) electrons. The van der Waals surface area contributed by atoms with Crippen molar-refractivity contribution in [1.82, 2.24) is 0 Å². The number of fused-ring (bicyclic) bond motifs is 1. The van der Waals surface area contributed by atoms with Gasteiger partial charge in [-0.1, -0.05) is 34.7 Å². The molecule has 0 spiro atoms. The minimum atomic E-state index is 0.866. The maximum Gasteiger partial charge on any atom is 0.133 e. The Bertz CT molecular complexity index is 494. The van der Waals surface area contributed by atoms with Crippen LogP contribution < -0.4 is 0 Å². The summed E-state index contributed by atoms with van der Waals surface area (Å²) in [4.78, 5) is 0. The fraction of sp³-hybridized carbons (Fsp3) is 0. The van der Waals surface area contributed by atoms with E-state index in [1.54, 1.807) is 6.26 Å². The van der Waals surface area contributed by atoms with Crippen LogP contribution >= 0.6 is 15.9 Å². The largest absolute Gasteiger partial charge is 0.464 e. The van der Waals surface area contributed by atoms with Gasteiger partial charge in [0.2, 0.25) is 0 Å². The van der Waals surface area contributed by atoms with Gasteiger partial charge >= 0.3 is 0 Å². The number of hydrogen-bond acceptors (Lipinski definition) is 1. The second kappa shape index (κ2) is 3.84. The third-order valence-corrected chi connectivity index (χ3v) is 2.20. The molecule has 0 aliphatic heterocycles. The molecule has 0 aliphatic carbocycles. The van der Waals surface area contributed by atoms with Crippen molar-refractivity contribution in [2.24, 2.45) is 0 Å². The first-order valence-electron chi connectivity index (χ1n) is 4.25. The number of benzene rings is 1. The highest BCUT2D eigenvalue weighted by molar-refractivity contribution is 9.11. The summed E-state index contributed by atoms with van der Waals surface area (Å²) in [6.45, 7) is 3.73. The summed E-state index contributed by atoms with van der Waals surface area (Å²) < 4.78 is 6.11. The second-order valence-electron chi connectivity index (χ2n) is 3.00. The summed E-state index contributed by atoms with van der Waals surface area (Å²) in [6, 6.07) is 8.01. The molecule has 1 aromatic heterocycles. The highest BCUT2D eigenvalue weighted by Crippen LogP contribution is 2.18. The van der Waals surface area contributed by atoms with Crippen LogP contribution in [0.2, 0.25) is 0 Å². The van der Waals surface area contributed by atoms with Gasteiger partial charge in [-0.25, -0.2) is 0 Å². The molecule has 2 aromatic rings. The molecule has 70 valence electrons. The highest BCUT2D eigenvalue weighted by atomic mass is 79.9. The predicted molar refractivity (Wildman–Crippen MR) is 63.3 cm³/mol. The maximum atomic E-state index is 5.25. The molecule has 0 N–H and O–H groups in total. The lowest BCUT2D eigenvalue weighted by molar-refractivity contribution is 0.616.